The maximum atomic E-state index is 12.7. The summed E-state index contributed by atoms with van der Waals surface area (Å²) >= 11 is 0. The Hall–Kier alpha value is -1.64. The average Bonchev–Trinajstić information content (AvgIpc) is 3.07. The van der Waals surface area contributed by atoms with E-state index in [9.17, 15) is 4.79 Å². The number of allylic oxidation sites excluding steroid dienone is 1. The lowest BCUT2D eigenvalue weighted by molar-refractivity contribution is -0.128. The van der Waals surface area contributed by atoms with Crippen LogP contribution in [0.25, 0.3) is 0 Å². The van der Waals surface area contributed by atoms with E-state index < -0.39 is 0 Å². The zero-order valence-corrected chi connectivity index (χ0v) is 11.4. The Morgan fingerprint density at radius 2 is 2.26 bits per heavy atom. The number of aromatic nitrogens is 1. The van der Waals surface area contributed by atoms with Gasteiger partial charge in [0.15, 0.2) is 0 Å². The highest BCUT2D eigenvalue weighted by atomic mass is 16.2. The van der Waals surface area contributed by atoms with Gasteiger partial charge in [0.1, 0.15) is 0 Å². The lowest BCUT2D eigenvalue weighted by Crippen LogP contribution is -2.31. The van der Waals surface area contributed by atoms with Gasteiger partial charge in [-0.15, -0.1) is 0 Å². The van der Waals surface area contributed by atoms with Gasteiger partial charge in [0.05, 0.1) is 6.04 Å². The molecule has 0 saturated carbocycles. The van der Waals surface area contributed by atoms with Gasteiger partial charge in [0, 0.05) is 24.5 Å². The maximum absolute atomic E-state index is 12.7. The third-order valence-electron chi connectivity index (χ3n) is 4.33. The van der Waals surface area contributed by atoms with E-state index in [0.29, 0.717) is 0 Å². The number of amides is 1. The molecule has 0 radical (unpaired) electrons. The quantitative estimate of drug-likeness (QED) is 0.813. The SMILES string of the molecule is CC1=C(C(=O)N2CCCC2c2cccnc2)CCC1. The lowest BCUT2D eigenvalue weighted by atomic mass is 10.1. The molecule has 2 heterocycles. The molecule has 0 bridgehead atoms. The van der Waals surface area contributed by atoms with E-state index in [0.717, 1.165) is 44.2 Å². The molecule has 0 N–H and O–H groups in total. The number of carbonyl (C=O) groups is 1. The maximum Gasteiger partial charge on any atom is 0.250 e. The van der Waals surface area contributed by atoms with Crippen molar-refractivity contribution in [3.05, 3.63) is 41.2 Å². The van der Waals surface area contributed by atoms with Gasteiger partial charge in [-0.2, -0.15) is 0 Å². The van der Waals surface area contributed by atoms with Crippen LogP contribution in [0.15, 0.2) is 35.7 Å². The van der Waals surface area contributed by atoms with Crippen molar-refractivity contribution in [2.75, 3.05) is 6.54 Å². The van der Waals surface area contributed by atoms with Gasteiger partial charge in [-0.3, -0.25) is 9.78 Å². The Morgan fingerprint density at radius 3 is 2.95 bits per heavy atom. The van der Waals surface area contributed by atoms with E-state index in [2.05, 4.69) is 22.9 Å². The number of hydrogen-bond donors (Lipinski definition) is 0. The summed E-state index contributed by atoms with van der Waals surface area (Å²) in [6, 6.07) is 4.26. The van der Waals surface area contributed by atoms with Crippen LogP contribution in [0, 0.1) is 0 Å². The molecule has 1 fully saturated rings. The van der Waals surface area contributed by atoms with E-state index >= 15 is 0 Å². The van der Waals surface area contributed by atoms with Crippen molar-refractivity contribution in [2.24, 2.45) is 0 Å². The molecule has 1 amide bonds. The largest absolute Gasteiger partial charge is 0.332 e. The number of pyridine rings is 1. The number of nitrogens with zero attached hydrogens (tertiary/aromatic N) is 2. The summed E-state index contributed by atoms with van der Waals surface area (Å²) in [6.45, 7) is 2.99. The fourth-order valence-corrected chi connectivity index (χ4v) is 3.29. The molecule has 3 heteroatoms. The molecule has 0 aromatic carbocycles. The van der Waals surface area contributed by atoms with Crippen LogP contribution in [0.3, 0.4) is 0 Å². The lowest BCUT2D eigenvalue weighted by Gasteiger charge is -2.25. The first kappa shape index (κ1) is 12.4. The summed E-state index contributed by atoms with van der Waals surface area (Å²) in [4.78, 5) is 18.9. The summed E-state index contributed by atoms with van der Waals surface area (Å²) in [5.41, 5.74) is 3.53. The number of rotatable bonds is 2. The molecule has 2 aliphatic rings. The zero-order chi connectivity index (χ0) is 13.2. The number of hydrogen-bond acceptors (Lipinski definition) is 2. The van der Waals surface area contributed by atoms with Gasteiger partial charge in [-0.05, 0) is 50.7 Å². The molecule has 0 spiro atoms. The average molecular weight is 256 g/mol. The molecule has 3 nitrogen and oxygen atoms in total. The summed E-state index contributed by atoms with van der Waals surface area (Å²) in [5, 5.41) is 0. The van der Waals surface area contributed by atoms with Gasteiger partial charge in [-0.25, -0.2) is 0 Å². The number of carbonyl (C=O) groups excluding carboxylic acids is 1. The highest BCUT2D eigenvalue weighted by Gasteiger charge is 2.32. The first-order chi connectivity index (χ1) is 9.27. The van der Waals surface area contributed by atoms with Crippen LogP contribution in [-0.4, -0.2) is 22.3 Å². The van der Waals surface area contributed by atoms with Gasteiger partial charge in [0.2, 0.25) is 5.91 Å². The molecule has 3 rings (SSSR count). The normalized spacial score (nSPS) is 23.2. The van der Waals surface area contributed by atoms with Gasteiger partial charge < -0.3 is 4.90 Å². The van der Waals surface area contributed by atoms with Crippen LogP contribution < -0.4 is 0 Å². The molecule has 1 aliphatic heterocycles. The minimum atomic E-state index is 0.224. The third kappa shape index (κ3) is 2.29. The van der Waals surface area contributed by atoms with E-state index in [1.807, 2.05) is 12.3 Å². The van der Waals surface area contributed by atoms with E-state index in [1.165, 1.54) is 11.1 Å². The number of likely N-dealkylation sites (tertiary alicyclic amines) is 1. The Balaban J connectivity index is 1.84. The first-order valence-electron chi connectivity index (χ1n) is 7.17. The minimum absolute atomic E-state index is 0.224. The molecule has 1 unspecified atom stereocenters. The fourth-order valence-electron chi connectivity index (χ4n) is 3.29. The molecule has 19 heavy (non-hydrogen) atoms. The Labute approximate surface area is 114 Å². The summed E-state index contributed by atoms with van der Waals surface area (Å²) in [5.74, 6) is 0.265. The van der Waals surface area contributed by atoms with Crippen molar-refractivity contribution in [3.63, 3.8) is 0 Å². The van der Waals surface area contributed by atoms with Crippen LogP contribution in [0.1, 0.15) is 50.6 Å². The zero-order valence-electron chi connectivity index (χ0n) is 11.4. The second-order valence-electron chi connectivity index (χ2n) is 5.56. The fraction of sp³-hybridized carbons (Fsp3) is 0.500. The van der Waals surface area contributed by atoms with Crippen molar-refractivity contribution in [3.8, 4) is 0 Å². The summed E-state index contributed by atoms with van der Waals surface area (Å²) < 4.78 is 0. The molecule has 1 aromatic rings. The highest BCUT2D eigenvalue weighted by Crippen LogP contribution is 2.35. The van der Waals surface area contributed by atoms with E-state index in [1.54, 1.807) is 6.20 Å². The van der Waals surface area contributed by atoms with Crippen LogP contribution in [-0.2, 0) is 4.79 Å². The van der Waals surface area contributed by atoms with Gasteiger partial charge in [-0.1, -0.05) is 11.6 Å². The minimum Gasteiger partial charge on any atom is -0.332 e. The van der Waals surface area contributed by atoms with Crippen LogP contribution in [0.4, 0.5) is 0 Å². The van der Waals surface area contributed by atoms with Gasteiger partial charge >= 0.3 is 0 Å². The molecular formula is C16H20N2O. The first-order valence-corrected chi connectivity index (χ1v) is 7.17. The smallest absolute Gasteiger partial charge is 0.250 e. The molecule has 100 valence electrons. The molecule has 1 aliphatic carbocycles. The second-order valence-corrected chi connectivity index (χ2v) is 5.56. The monoisotopic (exact) mass is 256 g/mol. The topological polar surface area (TPSA) is 33.2 Å². The molecule has 1 aromatic heterocycles. The van der Waals surface area contributed by atoms with E-state index in [4.69, 9.17) is 0 Å². The Kier molecular flexibility index (Phi) is 3.36. The summed E-state index contributed by atoms with van der Waals surface area (Å²) in [7, 11) is 0. The molecule has 1 saturated heterocycles. The van der Waals surface area contributed by atoms with Crippen molar-refractivity contribution >= 4 is 5.91 Å². The van der Waals surface area contributed by atoms with Crippen LogP contribution in [0.5, 0.6) is 0 Å². The van der Waals surface area contributed by atoms with Crippen molar-refractivity contribution in [1.82, 2.24) is 9.88 Å². The van der Waals surface area contributed by atoms with Crippen molar-refractivity contribution in [2.45, 2.75) is 45.1 Å². The van der Waals surface area contributed by atoms with Crippen molar-refractivity contribution < 1.29 is 4.79 Å². The van der Waals surface area contributed by atoms with E-state index in [-0.39, 0.29) is 11.9 Å². The Bertz CT molecular complexity index is 507. The predicted octanol–water partition coefficient (Wildman–Crippen LogP) is 3.25. The van der Waals surface area contributed by atoms with Crippen molar-refractivity contribution in [1.29, 1.82) is 0 Å². The standard InChI is InChI=1S/C16H20N2O/c1-12-5-2-7-14(12)16(19)18-10-4-8-15(18)13-6-3-9-17-11-13/h3,6,9,11,15H,2,4-5,7-8,10H2,1H3. The Morgan fingerprint density at radius 1 is 1.37 bits per heavy atom. The molecular weight excluding hydrogens is 236 g/mol. The predicted molar refractivity (Wildman–Crippen MR) is 74.5 cm³/mol. The van der Waals surface area contributed by atoms with Crippen LogP contribution >= 0.6 is 0 Å². The highest BCUT2D eigenvalue weighted by molar-refractivity contribution is 5.95. The molecule has 1 atom stereocenters. The van der Waals surface area contributed by atoms with Crippen LogP contribution in [0.2, 0.25) is 0 Å². The third-order valence-corrected chi connectivity index (χ3v) is 4.33. The second kappa shape index (κ2) is 5.16. The summed E-state index contributed by atoms with van der Waals surface area (Å²) in [6.07, 6.45) is 9.02. The van der Waals surface area contributed by atoms with Gasteiger partial charge in [0.25, 0.3) is 0 Å².